The monoisotopic (exact) mass is 517 g/mol. The van der Waals surface area contributed by atoms with E-state index in [9.17, 15) is 0 Å². The number of aromatic nitrogens is 1. The maximum Gasteiger partial charge on any atom is 0.150 e. The Morgan fingerprint density at radius 1 is 0.718 bits per heavy atom. The van der Waals surface area contributed by atoms with E-state index in [0.29, 0.717) is 0 Å². The quantitative estimate of drug-likeness (QED) is 0.214. The molecule has 0 fully saturated rings. The number of benzene rings is 3. The number of allylic oxidation sites excluding steroid dienone is 1. The summed E-state index contributed by atoms with van der Waals surface area (Å²) in [6.07, 6.45) is 5.15. The third kappa shape index (κ3) is 5.83. The Labute approximate surface area is 233 Å². The van der Waals surface area contributed by atoms with Crippen LogP contribution in [0, 0.1) is 0 Å². The van der Waals surface area contributed by atoms with Crippen molar-refractivity contribution in [3.63, 3.8) is 0 Å². The molecule has 0 aliphatic carbocycles. The second-order valence-electron chi connectivity index (χ2n) is 9.88. The standard InChI is InChI=1S/C34H39N5/c1-5-37(6-2)30-20-14-26(15-21-30)13-19-29-25-33(28-16-22-31(23-17-28)38(7-3)8-4)39(36-29)34-24-18-27-11-9-10-12-32(27)35-34/h9-24,33H,5-8,25H2,1-4H3. The molecule has 5 heteroatoms. The van der Waals surface area contributed by atoms with Crippen LogP contribution >= 0.6 is 0 Å². The third-order valence-corrected chi connectivity index (χ3v) is 7.65. The Morgan fingerprint density at radius 2 is 1.33 bits per heavy atom. The van der Waals surface area contributed by atoms with Gasteiger partial charge < -0.3 is 9.80 Å². The molecule has 0 N–H and O–H groups in total. The molecule has 5 nitrogen and oxygen atoms in total. The first-order valence-electron chi connectivity index (χ1n) is 14.2. The summed E-state index contributed by atoms with van der Waals surface area (Å²) in [6, 6.07) is 30.3. The number of hydrogen-bond donors (Lipinski definition) is 0. The molecule has 1 aromatic heterocycles. The number of hydrazone groups is 1. The van der Waals surface area contributed by atoms with E-state index >= 15 is 0 Å². The van der Waals surface area contributed by atoms with Gasteiger partial charge in [0.1, 0.15) is 5.82 Å². The van der Waals surface area contributed by atoms with Crippen LogP contribution in [-0.4, -0.2) is 36.9 Å². The number of para-hydroxylation sites is 1. The zero-order valence-electron chi connectivity index (χ0n) is 23.6. The molecule has 0 radical (unpaired) electrons. The molecule has 1 atom stereocenters. The van der Waals surface area contributed by atoms with Crippen molar-refractivity contribution in [2.75, 3.05) is 41.0 Å². The fourth-order valence-electron chi connectivity index (χ4n) is 5.36. The van der Waals surface area contributed by atoms with Gasteiger partial charge in [0, 0.05) is 49.4 Å². The molecule has 1 aliphatic heterocycles. The van der Waals surface area contributed by atoms with Crippen molar-refractivity contribution in [1.82, 2.24) is 4.98 Å². The van der Waals surface area contributed by atoms with Crippen LogP contribution in [0.4, 0.5) is 17.2 Å². The summed E-state index contributed by atoms with van der Waals surface area (Å²) < 4.78 is 0. The van der Waals surface area contributed by atoms with Gasteiger partial charge >= 0.3 is 0 Å². The third-order valence-electron chi connectivity index (χ3n) is 7.65. The summed E-state index contributed by atoms with van der Waals surface area (Å²) in [5.74, 6) is 0.874. The van der Waals surface area contributed by atoms with E-state index in [2.05, 4.69) is 134 Å². The Morgan fingerprint density at radius 3 is 1.97 bits per heavy atom. The number of fused-ring (bicyclic) bond motifs is 1. The summed E-state index contributed by atoms with van der Waals surface area (Å²) in [4.78, 5) is 9.71. The van der Waals surface area contributed by atoms with Crippen molar-refractivity contribution in [3.05, 3.63) is 102 Å². The van der Waals surface area contributed by atoms with Crippen LogP contribution in [-0.2, 0) is 0 Å². The molecule has 5 rings (SSSR count). The molecule has 1 aliphatic rings. The van der Waals surface area contributed by atoms with Crippen LogP contribution in [0.3, 0.4) is 0 Å². The zero-order valence-corrected chi connectivity index (χ0v) is 23.6. The van der Waals surface area contributed by atoms with Gasteiger partial charge in [-0.25, -0.2) is 9.99 Å². The predicted molar refractivity (Wildman–Crippen MR) is 168 cm³/mol. The molecule has 0 spiro atoms. The second kappa shape index (κ2) is 12.2. The highest BCUT2D eigenvalue weighted by Gasteiger charge is 2.29. The number of nitrogens with zero attached hydrogens (tertiary/aromatic N) is 5. The highest BCUT2D eigenvalue weighted by molar-refractivity contribution is 6.01. The SMILES string of the molecule is CCN(CC)c1ccc(C=CC2=NN(c3ccc4ccccc4n3)C(c3ccc(N(CC)CC)cc3)C2)cc1. The zero-order chi connectivity index (χ0) is 27.2. The van der Waals surface area contributed by atoms with Crippen LogP contribution in [0.25, 0.3) is 17.0 Å². The van der Waals surface area contributed by atoms with Gasteiger partial charge in [-0.15, -0.1) is 0 Å². The van der Waals surface area contributed by atoms with Crippen LogP contribution in [0.2, 0.25) is 0 Å². The van der Waals surface area contributed by atoms with E-state index < -0.39 is 0 Å². The van der Waals surface area contributed by atoms with E-state index in [4.69, 9.17) is 10.1 Å². The average Bonchev–Trinajstić information content (AvgIpc) is 3.42. The van der Waals surface area contributed by atoms with Crippen molar-refractivity contribution in [1.29, 1.82) is 0 Å². The fourth-order valence-corrected chi connectivity index (χ4v) is 5.36. The molecule has 0 bridgehead atoms. The van der Waals surface area contributed by atoms with Gasteiger partial charge in [0.15, 0.2) is 0 Å². The number of pyridine rings is 1. The largest absolute Gasteiger partial charge is 0.372 e. The number of hydrogen-bond acceptors (Lipinski definition) is 5. The first kappa shape index (κ1) is 26.5. The lowest BCUT2D eigenvalue weighted by Gasteiger charge is -2.25. The Balaban J connectivity index is 1.43. The summed E-state index contributed by atoms with van der Waals surface area (Å²) in [5.41, 5.74) is 6.98. The maximum atomic E-state index is 5.08. The van der Waals surface area contributed by atoms with Gasteiger partial charge in [-0.2, -0.15) is 5.10 Å². The van der Waals surface area contributed by atoms with Crippen molar-refractivity contribution in [2.45, 2.75) is 40.2 Å². The normalized spacial score (nSPS) is 15.2. The Bertz CT molecular complexity index is 1430. The van der Waals surface area contributed by atoms with Crippen molar-refractivity contribution >= 4 is 39.9 Å². The van der Waals surface area contributed by atoms with Crippen molar-refractivity contribution in [2.24, 2.45) is 5.10 Å². The highest BCUT2D eigenvalue weighted by atomic mass is 15.5. The van der Waals surface area contributed by atoms with Gasteiger partial charge in [0.25, 0.3) is 0 Å². The molecule has 39 heavy (non-hydrogen) atoms. The molecule has 4 aromatic rings. The predicted octanol–water partition coefficient (Wildman–Crippen LogP) is 7.95. The molecular weight excluding hydrogens is 478 g/mol. The number of rotatable bonds is 10. The van der Waals surface area contributed by atoms with Gasteiger partial charge in [-0.3, -0.25) is 0 Å². The van der Waals surface area contributed by atoms with Gasteiger partial charge in [-0.1, -0.05) is 48.5 Å². The minimum atomic E-state index is 0.0918. The minimum Gasteiger partial charge on any atom is -0.372 e. The van der Waals surface area contributed by atoms with E-state index in [1.807, 2.05) is 6.07 Å². The van der Waals surface area contributed by atoms with Gasteiger partial charge in [0.05, 0.1) is 17.3 Å². The lowest BCUT2D eigenvalue weighted by molar-refractivity contribution is 0.700. The van der Waals surface area contributed by atoms with Crippen LogP contribution in [0.15, 0.2) is 96.1 Å². The van der Waals surface area contributed by atoms with E-state index in [0.717, 1.165) is 55.0 Å². The number of anilines is 3. The van der Waals surface area contributed by atoms with E-state index in [-0.39, 0.29) is 6.04 Å². The van der Waals surface area contributed by atoms with Gasteiger partial charge in [-0.05, 0) is 87.4 Å². The van der Waals surface area contributed by atoms with E-state index in [1.165, 1.54) is 22.5 Å². The molecule has 0 saturated heterocycles. The average molecular weight is 518 g/mol. The Kier molecular flexibility index (Phi) is 8.26. The molecular formula is C34H39N5. The smallest absolute Gasteiger partial charge is 0.150 e. The summed E-state index contributed by atoms with van der Waals surface area (Å²) in [6.45, 7) is 12.8. The molecule has 2 heterocycles. The summed E-state index contributed by atoms with van der Waals surface area (Å²) in [7, 11) is 0. The van der Waals surface area contributed by atoms with Crippen LogP contribution in [0.1, 0.15) is 51.3 Å². The highest BCUT2D eigenvalue weighted by Crippen LogP contribution is 2.36. The lowest BCUT2D eigenvalue weighted by Crippen LogP contribution is -2.22. The molecule has 0 saturated carbocycles. The first-order valence-corrected chi connectivity index (χ1v) is 14.2. The second-order valence-corrected chi connectivity index (χ2v) is 9.88. The molecule has 1 unspecified atom stereocenters. The van der Waals surface area contributed by atoms with Crippen molar-refractivity contribution in [3.8, 4) is 0 Å². The summed E-state index contributed by atoms with van der Waals surface area (Å²) >= 11 is 0. The van der Waals surface area contributed by atoms with E-state index in [1.54, 1.807) is 0 Å². The first-order chi connectivity index (χ1) is 19.1. The molecule has 0 amide bonds. The molecule has 200 valence electrons. The maximum absolute atomic E-state index is 5.08. The fraction of sp³-hybridized carbons (Fsp3) is 0.294. The summed E-state index contributed by atoms with van der Waals surface area (Å²) in [5, 5.41) is 8.32. The lowest BCUT2D eigenvalue weighted by atomic mass is 10.0. The van der Waals surface area contributed by atoms with Crippen LogP contribution < -0.4 is 14.8 Å². The molecule has 3 aromatic carbocycles. The topological polar surface area (TPSA) is 35.0 Å². The van der Waals surface area contributed by atoms with Crippen molar-refractivity contribution < 1.29 is 0 Å². The minimum absolute atomic E-state index is 0.0918. The Hall–Kier alpha value is -4.12. The van der Waals surface area contributed by atoms with Crippen LogP contribution in [0.5, 0.6) is 0 Å². The van der Waals surface area contributed by atoms with Gasteiger partial charge in [0.2, 0.25) is 0 Å².